The van der Waals surface area contributed by atoms with Crippen LogP contribution in [0.4, 0.5) is 18.0 Å². The second kappa shape index (κ2) is 5.51. The molecule has 1 aromatic rings. The minimum Gasteiger partial charge on any atom is -0.465 e. The van der Waals surface area contributed by atoms with Gasteiger partial charge in [0.2, 0.25) is 0 Å². The fourth-order valence-electron chi connectivity index (χ4n) is 2.46. The van der Waals surface area contributed by atoms with Crippen molar-refractivity contribution in [2.45, 2.75) is 19.7 Å². The van der Waals surface area contributed by atoms with E-state index in [1.165, 1.54) is 12.1 Å². The van der Waals surface area contributed by atoms with E-state index in [1.807, 2.05) is 0 Å². The van der Waals surface area contributed by atoms with Crippen LogP contribution in [0.2, 0.25) is 0 Å². The lowest BCUT2D eigenvalue weighted by molar-refractivity contribution is -0.274. The standard InChI is InChI=1S/C14H14F3NO4/c1-2-13(7-18(8-13)12(20)21)11(19)9-3-5-10(6-4-9)22-14(15,16)17/h3-6H,2,7-8H2,1H3,(H,20,21). The van der Waals surface area contributed by atoms with E-state index in [9.17, 15) is 22.8 Å². The maximum atomic E-state index is 12.5. The van der Waals surface area contributed by atoms with Crippen molar-refractivity contribution in [1.82, 2.24) is 4.90 Å². The summed E-state index contributed by atoms with van der Waals surface area (Å²) in [5, 5.41) is 8.85. The van der Waals surface area contributed by atoms with Crippen molar-refractivity contribution in [2.75, 3.05) is 13.1 Å². The summed E-state index contributed by atoms with van der Waals surface area (Å²) in [6.45, 7) is 1.97. The molecule has 1 aliphatic rings. The lowest BCUT2D eigenvalue weighted by atomic mass is 9.72. The minimum atomic E-state index is -4.79. The predicted molar refractivity (Wildman–Crippen MR) is 69.8 cm³/mol. The summed E-state index contributed by atoms with van der Waals surface area (Å²) in [5.41, 5.74) is -0.563. The number of ether oxygens (including phenoxy) is 1. The molecule has 0 spiro atoms. The van der Waals surface area contributed by atoms with E-state index in [2.05, 4.69) is 4.74 Å². The monoisotopic (exact) mass is 317 g/mol. The molecular formula is C14H14F3NO4. The molecule has 0 unspecified atom stereocenters. The lowest BCUT2D eigenvalue weighted by Gasteiger charge is -2.47. The zero-order valence-corrected chi connectivity index (χ0v) is 11.7. The van der Waals surface area contributed by atoms with E-state index in [1.54, 1.807) is 6.92 Å². The van der Waals surface area contributed by atoms with Crippen LogP contribution in [0.25, 0.3) is 0 Å². The first kappa shape index (κ1) is 16.1. The number of carboxylic acid groups (broad SMARTS) is 1. The van der Waals surface area contributed by atoms with Gasteiger partial charge in [0, 0.05) is 18.7 Å². The third kappa shape index (κ3) is 3.15. The molecule has 0 aromatic heterocycles. The van der Waals surface area contributed by atoms with Crippen LogP contribution in [0.5, 0.6) is 5.75 Å². The van der Waals surface area contributed by atoms with Gasteiger partial charge in [-0.05, 0) is 30.7 Å². The van der Waals surface area contributed by atoms with Crippen molar-refractivity contribution in [3.63, 3.8) is 0 Å². The number of halogens is 3. The van der Waals surface area contributed by atoms with E-state index in [4.69, 9.17) is 5.11 Å². The number of hydrogen-bond acceptors (Lipinski definition) is 3. The van der Waals surface area contributed by atoms with Gasteiger partial charge in [-0.15, -0.1) is 13.2 Å². The van der Waals surface area contributed by atoms with Crippen LogP contribution in [-0.2, 0) is 0 Å². The molecule has 1 saturated heterocycles. The number of benzene rings is 1. The highest BCUT2D eigenvalue weighted by molar-refractivity contribution is 6.02. The zero-order chi connectivity index (χ0) is 16.5. The van der Waals surface area contributed by atoms with Crippen LogP contribution in [0.3, 0.4) is 0 Å². The van der Waals surface area contributed by atoms with Gasteiger partial charge in [0.15, 0.2) is 5.78 Å². The van der Waals surface area contributed by atoms with Crippen LogP contribution < -0.4 is 4.74 Å². The average Bonchev–Trinajstić information content (AvgIpc) is 2.36. The van der Waals surface area contributed by atoms with Gasteiger partial charge in [-0.3, -0.25) is 4.79 Å². The molecule has 0 radical (unpaired) electrons. The van der Waals surface area contributed by atoms with E-state index in [0.29, 0.717) is 6.42 Å². The predicted octanol–water partition coefficient (Wildman–Crippen LogP) is 3.16. The smallest absolute Gasteiger partial charge is 0.465 e. The number of alkyl halides is 3. The molecule has 8 heteroatoms. The van der Waals surface area contributed by atoms with Crippen molar-refractivity contribution in [3.05, 3.63) is 29.8 Å². The molecule has 1 heterocycles. The number of rotatable bonds is 4. The molecule has 5 nitrogen and oxygen atoms in total. The highest BCUT2D eigenvalue weighted by Crippen LogP contribution is 2.37. The first-order valence-corrected chi connectivity index (χ1v) is 6.55. The number of Topliss-reactive ketones (excluding diaryl/α,β-unsaturated/α-hetero) is 1. The fraction of sp³-hybridized carbons (Fsp3) is 0.429. The molecule has 0 atom stereocenters. The Kier molecular flexibility index (Phi) is 4.04. The van der Waals surface area contributed by atoms with Gasteiger partial charge in [-0.25, -0.2) is 4.79 Å². The minimum absolute atomic E-state index is 0.0957. The highest BCUT2D eigenvalue weighted by Gasteiger charge is 2.49. The molecule has 1 N–H and O–H groups in total. The van der Waals surface area contributed by atoms with Crippen molar-refractivity contribution in [3.8, 4) is 5.75 Å². The Labute approximate surface area is 124 Å². The Balaban J connectivity index is 2.11. The first-order valence-electron chi connectivity index (χ1n) is 6.55. The van der Waals surface area contributed by atoms with Crippen LogP contribution in [0.15, 0.2) is 24.3 Å². The number of carbonyl (C=O) groups excluding carboxylic acids is 1. The van der Waals surface area contributed by atoms with Gasteiger partial charge < -0.3 is 14.7 Å². The van der Waals surface area contributed by atoms with Crippen molar-refractivity contribution < 1.29 is 32.6 Å². The number of likely N-dealkylation sites (tertiary alicyclic amines) is 1. The van der Waals surface area contributed by atoms with Crippen LogP contribution in [0.1, 0.15) is 23.7 Å². The Morgan fingerprint density at radius 3 is 2.23 bits per heavy atom. The Bertz CT molecular complexity index is 577. The molecule has 1 amide bonds. The number of amides is 1. The molecule has 22 heavy (non-hydrogen) atoms. The quantitative estimate of drug-likeness (QED) is 0.866. The summed E-state index contributed by atoms with van der Waals surface area (Å²) in [6, 6.07) is 4.64. The van der Waals surface area contributed by atoms with E-state index in [-0.39, 0.29) is 24.4 Å². The zero-order valence-electron chi connectivity index (χ0n) is 11.7. The summed E-state index contributed by atoms with van der Waals surface area (Å²) < 4.78 is 40.0. The molecule has 1 aliphatic heterocycles. The number of ketones is 1. The molecule has 0 aliphatic carbocycles. The third-order valence-electron chi connectivity index (χ3n) is 3.77. The van der Waals surface area contributed by atoms with Crippen LogP contribution in [-0.4, -0.2) is 41.3 Å². The van der Waals surface area contributed by atoms with Crippen molar-refractivity contribution in [2.24, 2.45) is 5.41 Å². The first-order chi connectivity index (χ1) is 10.2. The van der Waals surface area contributed by atoms with Crippen molar-refractivity contribution in [1.29, 1.82) is 0 Å². The number of nitrogens with zero attached hydrogens (tertiary/aromatic N) is 1. The van der Waals surface area contributed by atoms with Crippen LogP contribution in [0, 0.1) is 5.41 Å². The fourth-order valence-corrected chi connectivity index (χ4v) is 2.46. The van der Waals surface area contributed by atoms with E-state index >= 15 is 0 Å². The number of carbonyl (C=O) groups is 2. The topological polar surface area (TPSA) is 66.8 Å². The molecule has 1 fully saturated rings. The third-order valence-corrected chi connectivity index (χ3v) is 3.77. The van der Waals surface area contributed by atoms with Gasteiger partial charge in [-0.1, -0.05) is 6.92 Å². The average molecular weight is 317 g/mol. The Hall–Kier alpha value is -2.25. The molecule has 2 rings (SSSR count). The summed E-state index contributed by atoms with van der Waals surface area (Å²) in [7, 11) is 0. The second-order valence-electron chi connectivity index (χ2n) is 5.17. The van der Waals surface area contributed by atoms with Gasteiger partial charge in [-0.2, -0.15) is 0 Å². The second-order valence-corrected chi connectivity index (χ2v) is 5.17. The van der Waals surface area contributed by atoms with Gasteiger partial charge in [0.25, 0.3) is 0 Å². The highest BCUT2D eigenvalue weighted by atomic mass is 19.4. The molecule has 120 valence electrons. The maximum absolute atomic E-state index is 12.5. The largest absolute Gasteiger partial charge is 0.573 e. The summed E-state index contributed by atoms with van der Waals surface area (Å²) >= 11 is 0. The van der Waals surface area contributed by atoms with Gasteiger partial charge in [0.1, 0.15) is 5.75 Å². The molecule has 1 aromatic carbocycles. The summed E-state index contributed by atoms with van der Waals surface area (Å²) in [4.78, 5) is 24.4. The SMILES string of the molecule is CCC1(C(=O)c2ccc(OC(F)(F)F)cc2)CN(C(=O)O)C1. The van der Waals surface area contributed by atoms with Gasteiger partial charge >= 0.3 is 12.5 Å². The Morgan fingerprint density at radius 1 is 1.27 bits per heavy atom. The van der Waals surface area contributed by atoms with Crippen LogP contribution >= 0.6 is 0 Å². The van der Waals surface area contributed by atoms with E-state index in [0.717, 1.165) is 17.0 Å². The van der Waals surface area contributed by atoms with E-state index < -0.39 is 23.6 Å². The summed E-state index contributed by atoms with van der Waals surface area (Å²) in [5.74, 6) is -0.679. The molecular weight excluding hydrogens is 303 g/mol. The Morgan fingerprint density at radius 2 is 1.82 bits per heavy atom. The van der Waals surface area contributed by atoms with Gasteiger partial charge in [0.05, 0.1) is 5.41 Å². The van der Waals surface area contributed by atoms with Crippen molar-refractivity contribution >= 4 is 11.9 Å². The molecule has 0 bridgehead atoms. The molecule has 0 saturated carbocycles. The lowest BCUT2D eigenvalue weighted by Crippen LogP contribution is -2.61. The maximum Gasteiger partial charge on any atom is 0.573 e. The summed E-state index contributed by atoms with van der Waals surface area (Å²) in [6.07, 6.45) is -5.42. The number of hydrogen-bond donors (Lipinski definition) is 1. The normalized spacial score (nSPS) is 16.8.